The molecule has 0 aliphatic rings. The van der Waals surface area contributed by atoms with E-state index >= 15 is 0 Å². The second kappa shape index (κ2) is 7.01. The maximum atomic E-state index is 11.9. The summed E-state index contributed by atoms with van der Waals surface area (Å²) in [7, 11) is 0. The van der Waals surface area contributed by atoms with Crippen LogP contribution >= 0.6 is 0 Å². The fraction of sp³-hybridized carbons (Fsp3) is 0.750. The Morgan fingerprint density at radius 3 is 2.44 bits per heavy atom. The second-order valence-corrected chi connectivity index (χ2v) is 3.57. The normalized spacial score (nSPS) is 14.4. The third-order valence-corrected chi connectivity index (χ3v) is 1.91. The highest BCUT2D eigenvalue weighted by molar-refractivity contribution is 5.77. The highest BCUT2D eigenvalue weighted by Gasteiger charge is 2.30. The zero-order chi connectivity index (χ0) is 14.3. The average molecular weight is 271 g/mol. The quantitative estimate of drug-likeness (QED) is 0.165. The predicted molar refractivity (Wildman–Crippen MR) is 58.3 cm³/mol. The van der Waals surface area contributed by atoms with E-state index in [1.807, 2.05) is 0 Å². The maximum Gasteiger partial charge on any atom is 0.407 e. The number of carbonyl (C=O) groups is 1. The van der Waals surface area contributed by atoms with Crippen LogP contribution in [-0.4, -0.2) is 47.4 Å². The van der Waals surface area contributed by atoms with Crippen LogP contribution in [0, 0.1) is 0 Å². The van der Waals surface area contributed by atoms with Crippen LogP contribution in [0.3, 0.4) is 0 Å². The van der Waals surface area contributed by atoms with Crippen molar-refractivity contribution in [1.29, 1.82) is 0 Å². The molecule has 0 fully saturated rings. The Hall–Kier alpha value is -1.55. The van der Waals surface area contributed by atoms with E-state index in [0.717, 1.165) is 0 Å². The molecule has 0 bridgehead atoms. The molecule has 0 aliphatic heterocycles. The van der Waals surface area contributed by atoms with E-state index in [9.17, 15) is 18.0 Å². The number of guanidine groups is 1. The van der Waals surface area contributed by atoms with E-state index in [1.165, 1.54) is 0 Å². The van der Waals surface area contributed by atoms with Crippen LogP contribution in [0.4, 0.5) is 13.2 Å². The van der Waals surface area contributed by atoms with E-state index in [0.29, 0.717) is 0 Å². The summed E-state index contributed by atoms with van der Waals surface area (Å²) in [6.45, 7) is -1.35. The van der Waals surface area contributed by atoms with Gasteiger partial charge in [-0.2, -0.15) is 13.2 Å². The number of aliphatic carboxylic acids is 1. The lowest BCUT2D eigenvalue weighted by Gasteiger charge is -2.18. The van der Waals surface area contributed by atoms with E-state index < -0.39 is 30.7 Å². The zero-order valence-electron chi connectivity index (χ0n) is 9.52. The zero-order valence-corrected chi connectivity index (χ0v) is 9.52. The predicted octanol–water partition coefficient (Wildman–Crippen LogP) is -0.769. The van der Waals surface area contributed by atoms with E-state index in [2.05, 4.69) is 4.99 Å². The minimum absolute atomic E-state index is 0.0539. The highest BCUT2D eigenvalue weighted by Crippen LogP contribution is 2.14. The maximum absolute atomic E-state index is 11.9. The minimum Gasteiger partial charge on any atom is -0.480 e. The van der Waals surface area contributed by atoms with Crippen molar-refractivity contribution < 1.29 is 23.1 Å². The molecule has 0 radical (unpaired) electrons. The van der Waals surface area contributed by atoms with Crippen molar-refractivity contribution >= 4 is 11.9 Å². The molecule has 0 rings (SSSR count). The first kappa shape index (κ1) is 16.4. The van der Waals surface area contributed by atoms with Crippen LogP contribution in [-0.2, 0) is 4.79 Å². The Morgan fingerprint density at radius 1 is 1.44 bits per heavy atom. The lowest BCUT2D eigenvalue weighted by molar-refractivity contribution is -0.139. The summed E-state index contributed by atoms with van der Waals surface area (Å²) in [5, 5.41) is 8.74. The van der Waals surface area contributed by atoms with Crippen LogP contribution in [0.25, 0.3) is 0 Å². The summed E-state index contributed by atoms with van der Waals surface area (Å²) >= 11 is 0. The number of hydrogen-bond donors (Lipinski definition) is 4. The number of nitrogens with zero attached hydrogens (tertiary/aromatic N) is 2. The van der Waals surface area contributed by atoms with Crippen LogP contribution < -0.4 is 17.3 Å². The molecule has 1 atom stereocenters. The first-order valence-electron chi connectivity index (χ1n) is 5.01. The molecule has 7 nitrogen and oxygen atoms in total. The van der Waals surface area contributed by atoms with Gasteiger partial charge in [0.25, 0.3) is 0 Å². The Labute approximate surface area is 101 Å². The van der Waals surface area contributed by atoms with Crippen molar-refractivity contribution in [1.82, 2.24) is 5.01 Å². The number of carboxylic acid groups (broad SMARTS) is 1. The average Bonchev–Trinajstić information content (AvgIpc) is 2.20. The molecule has 0 saturated carbocycles. The lowest BCUT2D eigenvalue weighted by atomic mass is 10.2. The van der Waals surface area contributed by atoms with Crippen molar-refractivity contribution in [3.8, 4) is 0 Å². The number of halogens is 3. The third kappa shape index (κ3) is 7.68. The smallest absolute Gasteiger partial charge is 0.407 e. The Morgan fingerprint density at radius 2 is 2.00 bits per heavy atom. The van der Waals surface area contributed by atoms with Gasteiger partial charge in [0.15, 0.2) is 0 Å². The van der Waals surface area contributed by atoms with Gasteiger partial charge >= 0.3 is 12.1 Å². The lowest BCUT2D eigenvalue weighted by Crippen LogP contribution is -2.47. The molecule has 0 aromatic rings. The van der Waals surface area contributed by atoms with Gasteiger partial charge in [0.1, 0.15) is 12.6 Å². The van der Waals surface area contributed by atoms with E-state index in [-0.39, 0.29) is 24.4 Å². The number of alkyl halides is 3. The van der Waals surface area contributed by atoms with Crippen molar-refractivity contribution in [2.75, 3.05) is 13.1 Å². The number of hydrogen-bond acceptors (Lipinski definition) is 4. The van der Waals surface area contributed by atoms with Crippen molar-refractivity contribution in [2.24, 2.45) is 22.3 Å². The van der Waals surface area contributed by atoms with Gasteiger partial charge in [-0.3, -0.25) is 14.8 Å². The first-order valence-corrected chi connectivity index (χ1v) is 5.01. The fourth-order valence-corrected chi connectivity index (χ4v) is 0.993. The molecule has 0 aromatic heterocycles. The standard InChI is InChI=1S/C8H16F3N5O2/c9-8(10,11)4-16(14)7(13)15-3-1-2-5(12)6(17)18/h5H,1-4,12,14H2,(H2,13,15)(H,17,18)/t5-/m0/s1. The number of hydrazine groups is 1. The van der Waals surface area contributed by atoms with Crippen molar-refractivity contribution in [2.45, 2.75) is 25.1 Å². The SMILES string of the molecule is NC(=NCCC[C@H](N)C(=O)O)N(N)CC(F)(F)F. The molecule has 0 spiro atoms. The summed E-state index contributed by atoms with van der Waals surface area (Å²) in [5.41, 5.74) is 10.4. The molecule has 0 aliphatic carbocycles. The molecule has 0 unspecified atom stereocenters. The molecule has 0 saturated heterocycles. The van der Waals surface area contributed by atoms with E-state index in [1.54, 1.807) is 0 Å². The van der Waals surface area contributed by atoms with Crippen LogP contribution in [0.2, 0.25) is 0 Å². The number of aliphatic imine (C=N–C) groups is 1. The monoisotopic (exact) mass is 271 g/mol. The highest BCUT2D eigenvalue weighted by atomic mass is 19.4. The summed E-state index contributed by atoms with van der Waals surface area (Å²) in [6.07, 6.45) is -4.04. The van der Waals surface area contributed by atoms with Gasteiger partial charge in [0.05, 0.1) is 0 Å². The number of nitrogens with two attached hydrogens (primary N) is 3. The largest absolute Gasteiger partial charge is 0.480 e. The second-order valence-electron chi connectivity index (χ2n) is 3.57. The Kier molecular flexibility index (Phi) is 6.41. The van der Waals surface area contributed by atoms with Crippen LogP contribution in [0.15, 0.2) is 4.99 Å². The number of carboxylic acids is 1. The Bertz CT molecular complexity index is 308. The molecule has 0 aromatic carbocycles. The topological polar surface area (TPSA) is 131 Å². The van der Waals surface area contributed by atoms with E-state index in [4.69, 9.17) is 22.4 Å². The van der Waals surface area contributed by atoms with Crippen LogP contribution in [0.1, 0.15) is 12.8 Å². The molecular formula is C8H16F3N5O2. The van der Waals surface area contributed by atoms with Gasteiger partial charge in [0.2, 0.25) is 5.96 Å². The summed E-state index contributed by atoms with van der Waals surface area (Å²) in [4.78, 5) is 13.9. The van der Waals surface area contributed by atoms with Gasteiger partial charge in [-0.1, -0.05) is 0 Å². The van der Waals surface area contributed by atoms with Crippen molar-refractivity contribution in [3.05, 3.63) is 0 Å². The molecular weight excluding hydrogens is 255 g/mol. The molecule has 7 N–H and O–H groups in total. The van der Waals surface area contributed by atoms with Gasteiger partial charge < -0.3 is 16.6 Å². The van der Waals surface area contributed by atoms with Crippen LogP contribution in [0.5, 0.6) is 0 Å². The third-order valence-electron chi connectivity index (χ3n) is 1.91. The van der Waals surface area contributed by atoms with Crippen molar-refractivity contribution in [3.63, 3.8) is 0 Å². The molecule has 10 heteroatoms. The molecule has 0 amide bonds. The first-order chi connectivity index (χ1) is 8.13. The minimum atomic E-state index is -4.47. The summed E-state index contributed by atoms with van der Waals surface area (Å²) in [6, 6.07) is -1.02. The molecule has 106 valence electrons. The van der Waals surface area contributed by atoms with Gasteiger partial charge in [-0.15, -0.1) is 0 Å². The van der Waals surface area contributed by atoms with Gasteiger partial charge in [-0.25, -0.2) is 5.84 Å². The molecule has 0 heterocycles. The fourth-order valence-electron chi connectivity index (χ4n) is 0.993. The Balaban J connectivity index is 4.01. The number of rotatable bonds is 6. The summed E-state index contributed by atoms with van der Waals surface area (Å²) in [5.74, 6) is 3.42. The van der Waals surface area contributed by atoms with Gasteiger partial charge in [0, 0.05) is 6.54 Å². The molecule has 18 heavy (non-hydrogen) atoms. The summed E-state index contributed by atoms with van der Waals surface area (Å²) < 4.78 is 35.8. The van der Waals surface area contributed by atoms with Gasteiger partial charge in [-0.05, 0) is 12.8 Å².